The van der Waals surface area contributed by atoms with Crippen molar-refractivity contribution in [2.45, 2.75) is 68.9 Å². The van der Waals surface area contributed by atoms with E-state index >= 15 is 0 Å². The molecule has 40 heavy (non-hydrogen) atoms. The average Bonchev–Trinajstić information content (AvgIpc) is 3.52. The molecule has 6 unspecified atom stereocenters. The van der Waals surface area contributed by atoms with Crippen molar-refractivity contribution in [3.05, 3.63) is 64.3 Å². The Balaban J connectivity index is 1.29. The van der Waals surface area contributed by atoms with Gasteiger partial charge in [-0.2, -0.15) is 0 Å². The maximum atomic E-state index is 12.5. The predicted octanol–water partition coefficient (Wildman–Crippen LogP) is 0.104. The fraction of sp³-hybridized carbons (Fsp3) is 0.500. The Morgan fingerprint density at radius 2 is 2.02 bits per heavy atom. The first-order chi connectivity index (χ1) is 18.9. The van der Waals surface area contributed by atoms with Gasteiger partial charge in [0.1, 0.15) is 59.3 Å². The molecule has 0 aliphatic carbocycles. The Morgan fingerprint density at radius 1 is 1.25 bits per heavy atom. The van der Waals surface area contributed by atoms with Gasteiger partial charge in [0, 0.05) is 31.0 Å². The number of hydrogen-bond acceptors (Lipinski definition) is 12. The van der Waals surface area contributed by atoms with E-state index in [-0.39, 0.29) is 18.0 Å². The molecule has 0 radical (unpaired) electrons. The largest absolute Gasteiger partial charge is 0.485 e. The summed E-state index contributed by atoms with van der Waals surface area (Å²) in [5.41, 5.74) is -1.53. The number of aliphatic imine (C=N–C) groups is 1. The van der Waals surface area contributed by atoms with E-state index in [2.05, 4.69) is 4.99 Å². The second-order valence-corrected chi connectivity index (χ2v) is 11.0. The van der Waals surface area contributed by atoms with Gasteiger partial charge in [0.15, 0.2) is 5.43 Å². The van der Waals surface area contributed by atoms with Gasteiger partial charge in [-0.05, 0) is 44.6 Å². The number of benzene rings is 1. The molecule has 3 aliphatic rings. The molecule has 6 atom stereocenters. The maximum absolute atomic E-state index is 12.5. The summed E-state index contributed by atoms with van der Waals surface area (Å²) in [5, 5.41) is 53.0. The number of ether oxygens (including phenoxy) is 1. The molecule has 0 bridgehead atoms. The molecule has 0 fully saturated rings. The molecule has 3 aliphatic heterocycles. The molecule has 0 amide bonds. The van der Waals surface area contributed by atoms with Crippen molar-refractivity contribution in [3.8, 4) is 5.75 Å². The van der Waals surface area contributed by atoms with E-state index in [9.17, 15) is 30.3 Å². The van der Waals surface area contributed by atoms with Crippen molar-refractivity contribution in [2.75, 3.05) is 19.8 Å². The van der Waals surface area contributed by atoms with Crippen LogP contribution in [-0.4, -0.2) is 97.6 Å². The number of fused-ring (bicyclic) bond motifs is 3. The lowest BCUT2D eigenvalue weighted by atomic mass is 9.86. The van der Waals surface area contributed by atoms with Crippen LogP contribution in [-0.2, 0) is 16.2 Å². The zero-order valence-corrected chi connectivity index (χ0v) is 22.4. The lowest BCUT2D eigenvalue weighted by Crippen LogP contribution is -2.64. The number of β-amino-alcohol motifs (C(OH)–C–C–N with tert-alkyl or cyclic N) is 1. The van der Waals surface area contributed by atoms with Gasteiger partial charge in [0.05, 0.1) is 30.3 Å². The minimum absolute atomic E-state index is 0.175. The first-order valence-corrected chi connectivity index (χ1v) is 13.0. The molecule has 5 rings (SSSR count). The molecule has 216 valence electrons. The van der Waals surface area contributed by atoms with Crippen molar-refractivity contribution in [3.63, 3.8) is 0 Å². The van der Waals surface area contributed by atoms with Crippen molar-refractivity contribution < 1.29 is 44.5 Å². The highest BCUT2D eigenvalue weighted by Gasteiger charge is 2.49. The normalized spacial score (nSPS) is 24.7. The molecule has 12 nitrogen and oxygen atoms in total. The summed E-state index contributed by atoms with van der Waals surface area (Å²) in [6, 6.07) is 4.49. The molecule has 1 aromatic heterocycles. The van der Waals surface area contributed by atoms with Crippen molar-refractivity contribution in [2.24, 2.45) is 4.99 Å². The molecule has 4 heterocycles. The minimum Gasteiger partial charge on any atom is -0.485 e. The topological polar surface area (TPSA) is 175 Å². The third-order valence-electron chi connectivity index (χ3n) is 7.66. The maximum Gasteiger partial charge on any atom is 0.192 e. The highest BCUT2D eigenvalue weighted by Crippen LogP contribution is 2.37. The monoisotopic (exact) mass is 558 g/mol. The fourth-order valence-electron chi connectivity index (χ4n) is 5.22. The summed E-state index contributed by atoms with van der Waals surface area (Å²) in [5.74, 6) is 1.04. The third kappa shape index (κ3) is 5.19. The number of aliphatic hydroxyl groups is 5. The van der Waals surface area contributed by atoms with Crippen LogP contribution in [0.1, 0.15) is 25.2 Å². The van der Waals surface area contributed by atoms with Crippen LogP contribution in [0.5, 0.6) is 5.75 Å². The molecular formula is C28H34N2O10. The Kier molecular flexibility index (Phi) is 7.61. The van der Waals surface area contributed by atoms with E-state index in [0.717, 1.165) is 5.71 Å². The summed E-state index contributed by atoms with van der Waals surface area (Å²) in [4.78, 5) is 29.3. The van der Waals surface area contributed by atoms with Gasteiger partial charge in [-0.25, -0.2) is 9.78 Å². The fourth-order valence-corrected chi connectivity index (χ4v) is 5.22. The third-order valence-corrected chi connectivity index (χ3v) is 7.66. The Morgan fingerprint density at radius 3 is 2.77 bits per heavy atom. The second-order valence-electron chi connectivity index (χ2n) is 11.0. The summed E-state index contributed by atoms with van der Waals surface area (Å²) in [6.45, 7) is 3.57. The van der Waals surface area contributed by atoms with Gasteiger partial charge < -0.3 is 39.6 Å². The van der Waals surface area contributed by atoms with Crippen molar-refractivity contribution in [1.82, 2.24) is 4.90 Å². The lowest BCUT2D eigenvalue weighted by Gasteiger charge is -2.42. The van der Waals surface area contributed by atoms with E-state index in [0.29, 0.717) is 34.5 Å². The van der Waals surface area contributed by atoms with Gasteiger partial charge in [0.25, 0.3) is 0 Å². The predicted molar refractivity (Wildman–Crippen MR) is 143 cm³/mol. The zero-order chi connectivity index (χ0) is 28.8. The first-order valence-electron chi connectivity index (χ1n) is 13.0. The molecule has 1 aromatic carbocycles. The second kappa shape index (κ2) is 10.7. The van der Waals surface area contributed by atoms with Crippen LogP contribution in [0.4, 0.5) is 0 Å². The van der Waals surface area contributed by atoms with Crippen LogP contribution >= 0.6 is 0 Å². The number of rotatable bonds is 10. The van der Waals surface area contributed by atoms with E-state index in [1.165, 1.54) is 6.07 Å². The highest BCUT2D eigenvalue weighted by atomic mass is 17.2. The number of hydrogen-bond donors (Lipinski definition) is 5. The highest BCUT2D eigenvalue weighted by molar-refractivity contribution is 6.04. The summed E-state index contributed by atoms with van der Waals surface area (Å²) >= 11 is 0. The van der Waals surface area contributed by atoms with Gasteiger partial charge in [-0.15, -0.1) is 0 Å². The van der Waals surface area contributed by atoms with E-state index < -0.39 is 48.8 Å². The number of aryl methyl sites for hydroxylation is 1. The Bertz CT molecular complexity index is 1420. The average molecular weight is 559 g/mol. The summed E-state index contributed by atoms with van der Waals surface area (Å²) in [6.07, 6.45) is 1.06. The minimum atomic E-state index is -2.32. The van der Waals surface area contributed by atoms with Gasteiger partial charge in [-0.1, -0.05) is 0 Å². The Labute approximate surface area is 230 Å². The van der Waals surface area contributed by atoms with Gasteiger partial charge in [0.2, 0.25) is 0 Å². The van der Waals surface area contributed by atoms with Crippen LogP contribution in [0.15, 0.2) is 57.0 Å². The summed E-state index contributed by atoms with van der Waals surface area (Å²) in [7, 11) is 0. The molecular weight excluding hydrogens is 524 g/mol. The van der Waals surface area contributed by atoms with E-state index in [1.807, 2.05) is 0 Å². The molecule has 0 saturated heterocycles. The smallest absolute Gasteiger partial charge is 0.192 e. The van der Waals surface area contributed by atoms with Crippen LogP contribution in [0.25, 0.3) is 11.0 Å². The summed E-state index contributed by atoms with van der Waals surface area (Å²) < 4.78 is 11.8. The molecule has 5 N–H and O–H groups in total. The van der Waals surface area contributed by atoms with Crippen LogP contribution in [0, 0.1) is 6.92 Å². The molecule has 0 saturated carbocycles. The Hall–Kier alpha value is -3.10. The van der Waals surface area contributed by atoms with Crippen LogP contribution in [0.3, 0.4) is 0 Å². The molecule has 12 heteroatoms. The first kappa shape index (κ1) is 28.4. The number of aliphatic hydroxyl groups excluding tert-OH is 4. The van der Waals surface area contributed by atoms with Gasteiger partial charge >= 0.3 is 0 Å². The SMILES string of the molecule is Cc1cc(=O)c2cc3c(cc2o1)OC(C)(C)C(OOCC(O)C(O)(CN1C=CC2=NC=CC21)C(O)C(O)CO)C3. The quantitative estimate of drug-likeness (QED) is 0.198. The van der Waals surface area contributed by atoms with E-state index in [4.69, 9.17) is 18.9 Å². The van der Waals surface area contributed by atoms with Crippen molar-refractivity contribution >= 4 is 16.7 Å². The van der Waals surface area contributed by atoms with Gasteiger partial charge in [-0.3, -0.25) is 9.79 Å². The van der Waals surface area contributed by atoms with Crippen molar-refractivity contribution in [1.29, 1.82) is 0 Å². The standard InChI is InChI=1S/C28H34N2O10/c1-15-8-20(32)17-9-16-10-25(27(2,3)39-22(16)11-23(17)38-15)40-37-13-24(34)28(36,26(35)21(33)12-31)14-30-7-5-18-19(30)4-6-29-18/h4-9,11,19,21,24-26,31,33-36H,10,12-14H2,1-3H3. The van der Waals surface area contributed by atoms with Crippen LogP contribution in [0.2, 0.25) is 0 Å². The number of nitrogens with zero attached hydrogens (tertiary/aromatic N) is 2. The van der Waals surface area contributed by atoms with E-state index in [1.54, 1.807) is 62.4 Å². The lowest BCUT2D eigenvalue weighted by molar-refractivity contribution is -0.363. The van der Waals surface area contributed by atoms with Crippen LogP contribution < -0.4 is 10.2 Å². The molecule has 2 aromatic rings. The zero-order valence-electron chi connectivity index (χ0n) is 22.4. The molecule has 0 spiro atoms.